The Labute approximate surface area is 114 Å². The van der Waals surface area contributed by atoms with Crippen molar-refractivity contribution in [3.8, 4) is 0 Å². The summed E-state index contributed by atoms with van der Waals surface area (Å²) in [5, 5.41) is 0. The van der Waals surface area contributed by atoms with Crippen LogP contribution >= 0.6 is 0 Å². The molecule has 0 spiro atoms. The number of carbonyl (C=O) groups excluding carboxylic acids is 1. The second kappa shape index (κ2) is 6.19. The van der Waals surface area contributed by atoms with Crippen molar-refractivity contribution >= 4 is 15.8 Å². The van der Waals surface area contributed by atoms with Crippen LogP contribution in [0.25, 0.3) is 0 Å². The fourth-order valence-electron chi connectivity index (χ4n) is 2.12. The van der Waals surface area contributed by atoms with Crippen molar-refractivity contribution in [2.75, 3.05) is 12.9 Å². The van der Waals surface area contributed by atoms with Crippen LogP contribution in [-0.4, -0.2) is 27.2 Å². The molecule has 4 nitrogen and oxygen atoms in total. The molecule has 0 fully saturated rings. The lowest BCUT2D eigenvalue weighted by atomic mass is 10.1. The smallest absolute Gasteiger partial charge is 0.309 e. The summed E-state index contributed by atoms with van der Waals surface area (Å²) in [6.45, 7) is 5.42. The summed E-state index contributed by atoms with van der Waals surface area (Å²) in [7, 11) is -2.06. The summed E-state index contributed by atoms with van der Waals surface area (Å²) in [5.41, 5.74) is 2.83. The third-order valence-electron chi connectivity index (χ3n) is 2.78. The molecule has 0 bridgehead atoms. The lowest BCUT2D eigenvalue weighted by molar-refractivity contribution is -0.144. The van der Waals surface area contributed by atoms with Crippen LogP contribution in [0.1, 0.15) is 23.6 Å². The predicted octanol–water partition coefficient (Wildman–Crippen LogP) is 2.03. The van der Waals surface area contributed by atoms with Gasteiger partial charge in [0.15, 0.2) is 9.84 Å². The average Bonchev–Trinajstić information content (AvgIpc) is 2.24. The van der Waals surface area contributed by atoms with Gasteiger partial charge in [-0.25, -0.2) is 8.42 Å². The van der Waals surface area contributed by atoms with Crippen molar-refractivity contribution in [2.45, 2.75) is 26.5 Å². The molecule has 0 aliphatic rings. The Hall–Kier alpha value is -1.36. The molecule has 0 radical (unpaired) electrons. The first-order valence-corrected chi connectivity index (χ1v) is 7.91. The Morgan fingerprint density at radius 1 is 1.21 bits per heavy atom. The molecule has 19 heavy (non-hydrogen) atoms. The predicted molar refractivity (Wildman–Crippen MR) is 74.6 cm³/mol. The van der Waals surface area contributed by atoms with E-state index >= 15 is 0 Å². The van der Waals surface area contributed by atoms with Crippen LogP contribution < -0.4 is 0 Å². The van der Waals surface area contributed by atoms with Gasteiger partial charge in [-0.3, -0.25) is 4.79 Å². The molecule has 0 saturated heterocycles. The zero-order chi connectivity index (χ0) is 14.6. The Kier molecular flexibility index (Phi) is 5.11. The molecule has 0 saturated carbocycles. The van der Waals surface area contributed by atoms with E-state index in [0.717, 1.165) is 16.7 Å². The highest BCUT2D eigenvalue weighted by Gasteiger charge is 2.22. The lowest BCUT2D eigenvalue weighted by Gasteiger charge is -2.10. The molecule has 1 aromatic carbocycles. The zero-order valence-electron chi connectivity index (χ0n) is 11.8. The molecule has 0 N–H and O–H groups in total. The molecule has 0 aliphatic heterocycles. The molecule has 5 heteroatoms. The number of esters is 1. The molecular formula is C14H20O4S. The van der Waals surface area contributed by atoms with E-state index in [4.69, 9.17) is 0 Å². The SMILES string of the molecule is COC(=O)C(C)CS(=O)(=O)Cc1cc(C)cc(C)c1. The number of benzene rings is 1. The largest absolute Gasteiger partial charge is 0.469 e. The van der Waals surface area contributed by atoms with E-state index < -0.39 is 21.7 Å². The van der Waals surface area contributed by atoms with E-state index in [-0.39, 0.29) is 11.5 Å². The second-order valence-electron chi connectivity index (χ2n) is 4.97. The van der Waals surface area contributed by atoms with Crippen LogP contribution in [-0.2, 0) is 25.1 Å². The quantitative estimate of drug-likeness (QED) is 0.776. The van der Waals surface area contributed by atoms with Crippen LogP contribution in [0.2, 0.25) is 0 Å². The van der Waals surface area contributed by atoms with Gasteiger partial charge < -0.3 is 4.74 Å². The number of aryl methyl sites for hydroxylation is 2. The summed E-state index contributed by atoms with van der Waals surface area (Å²) in [6.07, 6.45) is 0. The van der Waals surface area contributed by atoms with E-state index in [0.29, 0.717) is 0 Å². The standard InChI is InChI=1S/C14H20O4S/c1-10-5-11(2)7-13(6-10)9-19(16,17)8-12(3)14(15)18-4/h5-7,12H,8-9H2,1-4H3. The lowest BCUT2D eigenvalue weighted by Crippen LogP contribution is -2.23. The van der Waals surface area contributed by atoms with Crippen LogP contribution in [0.15, 0.2) is 18.2 Å². The Bertz CT molecular complexity index is 541. The maximum Gasteiger partial charge on any atom is 0.309 e. The van der Waals surface area contributed by atoms with Crippen LogP contribution in [0.4, 0.5) is 0 Å². The molecule has 1 aromatic rings. The molecule has 1 rings (SSSR count). The van der Waals surface area contributed by atoms with Gasteiger partial charge in [0.05, 0.1) is 24.5 Å². The molecular weight excluding hydrogens is 264 g/mol. The van der Waals surface area contributed by atoms with Gasteiger partial charge in [0.25, 0.3) is 0 Å². The zero-order valence-corrected chi connectivity index (χ0v) is 12.6. The first-order chi connectivity index (χ1) is 8.73. The molecule has 1 unspecified atom stereocenters. The highest BCUT2D eigenvalue weighted by atomic mass is 32.2. The van der Waals surface area contributed by atoms with E-state index in [1.54, 1.807) is 6.92 Å². The fourth-order valence-corrected chi connectivity index (χ4v) is 3.81. The summed E-state index contributed by atoms with van der Waals surface area (Å²) < 4.78 is 28.6. The van der Waals surface area contributed by atoms with Crippen molar-refractivity contribution in [1.82, 2.24) is 0 Å². The van der Waals surface area contributed by atoms with Crippen molar-refractivity contribution in [3.63, 3.8) is 0 Å². The average molecular weight is 284 g/mol. The normalized spacial score (nSPS) is 13.1. The third-order valence-corrected chi connectivity index (χ3v) is 4.56. The fraction of sp³-hybridized carbons (Fsp3) is 0.500. The Balaban J connectivity index is 2.82. The van der Waals surface area contributed by atoms with Gasteiger partial charge in [0.2, 0.25) is 0 Å². The Morgan fingerprint density at radius 3 is 2.21 bits per heavy atom. The van der Waals surface area contributed by atoms with Gasteiger partial charge in [-0.1, -0.05) is 36.2 Å². The first kappa shape index (κ1) is 15.7. The van der Waals surface area contributed by atoms with Crippen molar-refractivity contribution < 1.29 is 17.9 Å². The number of sulfone groups is 1. The maximum absolute atomic E-state index is 12.0. The van der Waals surface area contributed by atoms with Crippen molar-refractivity contribution in [1.29, 1.82) is 0 Å². The van der Waals surface area contributed by atoms with E-state index in [9.17, 15) is 13.2 Å². The molecule has 0 amide bonds. The van der Waals surface area contributed by atoms with E-state index in [1.807, 2.05) is 32.0 Å². The molecule has 0 heterocycles. The molecule has 106 valence electrons. The number of rotatable bonds is 5. The van der Waals surface area contributed by atoms with E-state index in [1.165, 1.54) is 7.11 Å². The highest BCUT2D eigenvalue weighted by molar-refractivity contribution is 7.90. The number of methoxy groups -OCH3 is 1. The monoisotopic (exact) mass is 284 g/mol. The molecule has 0 aromatic heterocycles. The number of carbonyl (C=O) groups is 1. The van der Waals surface area contributed by atoms with Crippen LogP contribution in [0.5, 0.6) is 0 Å². The van der Waals surface area contributed by atoms with Gasteiger partial charge >= 0.3 is 5.97 Å². The van der Waals surface area contributed by atoms with E-state index in [2.05, 4.69) is 4.74 Å². The second-order valence-corrected chi connectivity index (χ2v) is 7.08. The van der Waals surface area contributed by atoms with Crippen molar-refractivity contribution in [2.24, 2.45) is 5.92 Å². The van der Waals surface area contributed by atoms with Gasteiger partial charge in [0, 0.05) is 0 Å². The number of hydrogen-bond acceptors (Lipinski definition) is 4. The van der Waals surface area contributed by atoms with Crippen LogP contribution in [0.3, 0.4) is 0 Å². The number of ether oxygens (including phenoxy) is 1. The summed E-state index contributed by atoms with van der Waals surface area (Å²) in [6, 6.07) is 5.70. The summed E-state index contributed by atoms with van der Waals surface area (Å²) in [4.78, 5) is 11.3. The minimum atomic E-state index is -3.32. The van der Waals surface area contributed by atoms with Gasteiger partial charge in [-0.15, -0.1) is 0 Å². The molecule has 0 aliphatic carbocycles. The topological polar surface area (TPSA) is 60.4 Å². The Morgan fingerprint density at radius 2 is 1.74 bits per heavy atom. The first-order valence-electron chi connectivity index (χ1n) is 6.09. The van der Waals surface area contributed by atoms with Gasteiger partial charge in [-0.2, -0.15) is 0 Å². The molecule has 1 atom stereocenters. The van der Waals surface area contributed by atoms with Gasteiger partial charge in [-0.05, 0) is 19.4 Å². The van der Waals surface area contributed by atoms with Gasteiger partial charge in [0.1, 0.15) is 0 Å². The third kappa shape index (κ3) is 5.03. The summed E-state index contributed by atoms with van der Waals surface area (Å²) in [5.74, 6) is -1.37. The maximum atomic E-state index is 12.0. The number of hydrogen-bond donors (Lipinski definition) is 0. The minimum absolute atomic E-state index is 0.0448. The summed E-state index contributed by atoms with van der Waals surface area (Å²) >= 11 is 0. The van der Waals surface area contributed by atoms with Crippen LogP contribution in [0, 0.1) is 19.8 Å². The highest BCUT2D eigenvalue weighted by Crippen LogP contribution is 2.14. The minimum Gasteiger partial charge on any atom is -0.469 e. The van der Waals surface area contributed by atoms with Crippen molar-refractivity contribution in [3.05, 3.63) is 34.9 Å².